The van der Waals surface area contributed by atoms with Gasteiger partial charge in [0.25, 0.3) is 0 Å². The molecule has 1 aromatic rings. The maximum atomic E-state index is 13.0. The third-order valence-electron chi connectivity index (χ3n) is 2.76. The second kappa shape index (κ2) is 7.38. The van der Waals surface area contributed by atoms with E-state index >= 15 is 0 Å². The molecule has 0 aliphatic heterocycles. The van der Waals surface area contributed by atoms with Gasteiger partial charge in [-0.25, -0.2) is 0 Å². The number of nitrogens with two attached hydrogens (primary N) is 1. The van der Waals surface area contributed by atoms with Crippen LogP contribution in [0.4, 0.5) is 26.3 Å². The molecule has 0 amide bonds. The summed E-state index contributed by atoms with van der Waals surface area (Å²) in [5.74, 6) is -0.568. The average molecular weight is 354 g/mol. The topological polar surface area (TPSA) is 55.5 Å². The first-order valence-electron chi connectivity index (χ1n) is 5.72. The summed E-state index contributed by atoms with van der Waals surface area (Å²) >= 11 is 0. The minimum atomic E-state index is -5.00. The van der Waals surface area contributed by atoms with E-state index in [0.717, 1.165) is 7.11 Å². The van der Waals surface area contributed by atoms with E-state index in [4.69, 9.17) is 10.8 Å². The first-order chi connectivity index (χ1) is 9.50. The predicted molar refractivity (Wildman–Crippen MR) is 69.0 cm³/mol. The molecular formula is C12H14ClF6NO2. The summed E-state index contributed by atoms with van der Waals surface area (Å²) < 4.78 is 81.4. The van der Waals surface area contributed by atoms with Gasteiger partial charge in [0.2, 0.25) is 0 Å². The van der Waals surface area contributed by atoms with Crippen molar-refractivity contribution in [1.29, 1.82) is 0 Å². The highest BCUT2D eigenvalue weighted by Gasteiger charge is 2.40. The first-order valence-corrected chi connectivity index (χ1v) is 5.72. The van der Waals surface area contributed by atoms with Crippen LogP contribution in [0.15, 0.2) is 12.1 Å². The number of benzene rings is 1. The Balaban J connectivity index is 0.00000441. The Hall–Kier alpha value is -1.19. The smallest absolute Gasteiger partial charge is 0.416 e. The zero-order chi connectivity index (χ0) is 16.4. The van der Waals surface area contributed by atoms with Crippen LogP contribution < -0.4 is 10.5 Å². The van der Waals surface area contributed by atoms with Crippen molar-refractivity contribution in [3.05, 3.63) is 28.8 Å². The van der Waals surface area contributed by atoms with Crippen LogP contribution in [0.5, 0.6) is 5.75 Å². The van der Waals surface area contributed by atoms with Crippen molar-refractivity contribution in [3.63, 3.8) is 0 Å². The molecule has 1 atom stereocenters. The van der Waals surface area contributed by atoms with Gasteiger partial charge < -0.3 is 15.6 Å². The molecule has 22 heavy (non-hydrogen) atoms. The van der Waals surface area contributed by atoms with Gasteiger partial charge in [-0.15, -0.1) is 12.4 Å². The Kier molecular flexibility index (Phi) is 6.98. The molecule has 1 unspecified atom stereocenters. The minimum Gasteiger partial charge on any atom is -0.496 e. The maximum absolute atomic E-state index is 13.0. The van der Waals surface area contributed by atoms with Crippen molar-refractivity contribution < 1.29 is 36.2 Å². The fourth-order valence-electron chi connectivity index (χ4n) is 1.78. The number of halogens is 7. The molecule has 0 fully saturated rings. The SMILES string of the molecule is COc1cc(C(F)(F)F)cc(C(F)(F)F)c1CC(N)CO.Cl. The van der Waals surface area contributed by atoms with Crippen molar-refractivity contribution in [3.8, 4) is 5.75 Å². The predicted octanol–water partition coefficient (Wildman–Crippen LogP) is 3.02. The molecular weight excluding hydrogens is 340 g/mol. The van der Waals surface area contributed by atoms with Gasteiger partial charge in [0, 0.05) is 11.6 Å². The van der Waals surface area contributed by atoms with Gasteiger partial charge in [0.1, 0.15) is 5.75 Å². The molecule has 0 saturated heterocycles. The van der Waals surface area contributed by atoms with Crippen LogP contribution in [0, 0.1) is 0 Å². The number of aliphatic hydroxyl groups is 1. The first kappa shape index (κ1) is 20.8. The van der Waals surface area contributed by atoms with Crippen molar-refractivity contribution in [2.75, 3.05) is 13.7 Å². The van der Waals surface area contributed by atoms with E-state index in [1.54, 1.807) is 0 Å². The minimum absolute atomic E-state index is 0. The lowest BCUT2D eigenvalue weighted by Crippen LogP contribution is -2.28. The number of hydrogen-bond donors (Lipinski definition) is 2. The fourth-order valence-corrected chi connectivity index (χ4v) is 1.78. The van der Waals surface area contributed by atoms with E-state index < -0.39 is 53.9 Å². The molecule has 0 aliphatic rings. The molecule has 0 aliphatic carbocycles. The number of ether oxygens (including phenoxy) is 1. The van der Waals surface area contributed by atoms with Crippen molar-refractivity contribution in [2.45, 2.75) is 24.8 Å². The molecule has 0 saturated carbocycles. The van der Waals surface area contributed by atoms with Gasteiger partial charge in [-0.3, -0.25) is 0 Å². The molecule has 0 heterocycles. The number of hydrogen-bond acceptors (Lipinski definition) is 3. The van der Waals surface area contributed by atoms with Crippen LogP contribution in [-0.2, 0) is 18.8 Å². The van der Waals surface area contributed by atoms with Crippen LogP contribution in [0.25, 0.3) is 0 Å². The summed E-state index contributed by atoms with van der Waals surface area (Å²) in [4.78, 5) is 0. The van der Waals surface area contributed by atoms with Crippen LogP contribution in [-0.4, -0.2) is 24.9 Å². The van der Waals surface area contributed by atoms with Crippen molar-refractivity contribution in [2.24, 2.45) is 5.73 Å². The van der Waals surface area contributed by atoms with Gasteiger partial charge in [0.05, 0.1) is 24.8 Å². The number of methoxy groups -OCH3 is 1. The highest BCUT2D eigenvalue weighted by atomic mass is 35.5. The zero-order valence-electron chi connectivity index (χ0n) is 11.3. The van der Waals surface area contributed by atoms with E-state index in [9.17, 15) is 26.3 Å². The second-order valence-electron chi connectivity index (χ2n) is 4.35. The number of alkyl halides is 6. The quantitative estimate of drug-likeness (QED) is 0.818. The molecule has 0 aromatic heterocycles. The normalized spacial score (nSPS) is 13.5. The van der Waals surface area contributed by atoms with Crippen LogP contribution in [0.3, 0.4) is 0 Å². The summed E-state index contributed by atoms with van der Waals surface area (Å²) in [6.07, 6.45) is -10.4. The Morgan fingerprint density at radius 3 is 2.05 bits per heavy atom. The fraction of sp³-hybridized carbons (Fsp3) is 0.500. The van der Waals surface area contributed by atoms with E-state index in [-0.39, 0.29) is 18.5 Å². The summed E-state index contributed by atoms with van der Waals surface area (Å²) in [6, 6.07) is -0.548. The molecule has 128 valence electrons. The van der Waals surface area contributed by atoms with Crippen LogP contribution in [0.1, 0.15) is 16.7 Å². The monoisotopic (exact) mass is 353 g/mol. The lowest BCUT2D eigenvalue weighted by molar-refractivity contribution is -0.143. The Morgan fingerprint density at radius 1 is 1.14 bits per heavy atom. The molecule has 3 nitrogen and oxygen atoms in total. The molecule has 0 bridgehead atoms. The zero-order valence-corrected chi connectivity index (χ0v) is 12.1. The van der Waals surface area contributed by atoms with Crippen LogP contribution in [0.2, 0.25) is 0 Å². The molecule has 10 heteroatoms. The molecule has 0 spiro atoms. The Morgan fingerprint density at radius 2 is 1.68 bits per heavy atom. The van der Waals surface area contributed by atoms with Gasteiger partial charge in [-0.05, 0) is 18.6 Å². The lowest BCUT2D eigenvalue weighted by Gasteiger charge is -2.20. The average Bonchev–Trinajstić information content (AvgIpc) is 2.35. The summed E-state index contributed by atoms with van der Waals surface area (Å²) in [6.45, 7) is -0.610. The second-order valence-corrected chi connectivity index (χ2v) is 4.35. The number of rotatable bonds is 4. The van der Waals surface area contributed by atoms with E-state index in [2.05, 4.69) is 4.74 Å². The van der Waals surface area contributed by atoms with Gasteiger partial charge in [-0.2, -0.15) is 26.3 Å². The van der Waals surface area contributed by atoms with Gasteiger partial charge in [0.15, 0.2) is 0 Å². The molecule has 1 aromatic carbocycles. The maximum Gasteiger partial charge on any atom is 0.416 e. The highest BCUT2D eigenvalue weighted by Crippen LogP contribution is 2.41. The molecule has 1 rings (SSSR count). The third kappa shape index (κ3) is 4.92. The Labute approximate surface area is 128 Å². The lowest BCUT2D eigenvalue weighted by atomic mass is 9.96. The Bertz CT molecular complexity index is 504. The molecule has 3 N–H and O–H groups in total. The van der Waals surface area contributed by atoms with E-state index in [1.807, 2.05) is 0 Å². The highest BCUT2D eigenvalue weighted by molar-refractivity contribution is 5.85. The van der Waals surface area contributed by atoms with Gasteiger partial charge >= 0.3 is 12.4 Å². The van der Waals surface area contributed by atoms with E-state index in [1.165, 1.54) is 0 Å². The summed E-state index contributed by atoms with van der Waals surface area (Å²) in [5, 5.41) is 8.81. The number of aliphatic hydroxyl groups excluding tert-OH is 1. The molecule has 0 radical (unpaired) electrons. The van der Waals surface area contributed by atoms with Crippen molar-refractivity contribution >= 4 is 12.4 Å². The van der Waals surface area contributed by atoms with Crippen LogP contribution >= 0.6 is 12.4 Å². The van der Waals surface area contributed by atoms with Gasteiger partial charge in [-0.1, -0.05) is 0 Å². The summed E-state index contributed by atoms with van der Waals surface area (Å²) in [7, 11) is 0.962. The largest absolute Gasteiger partial charge is 0.496 e. The summed E-state index contributed by atoms with van der Waals surface area (Å²) in [5.41, 5.74) is 1.92. The third-order valence-corrected chi connectivity index (χ3v) is 2.76. The standard InChI is InChI=1S/C12H13F6NO2.ClH/c1-21-10-3-6(11(13,14)15)2-9(12(16,17)18)8(10)4-7(19)5-20;/h2-3,7,20H,4-5,19H2,1H3;1H. The van der Waals surface area contributed by atoms with Crippen molar-refractivity contribution in [1.82, 2.24) is 0 Å². The van der Waals surface area contributed by atoms with E-state index in [0.29, 0.717) is 6.07 Å².